The maximum atomic E-state index is 12.4. The monoisotopic (exact) mass is 612 g/mol. The minimum atomic E-state index is -0.294. The number of phenols is 1. The number of rotatable bonds is 6. The number of hydrogen-bond donors (Lipinski definition) is 1. The van der Waals surface area contributed by atoms with Gasteiger partial charge < -0.3 is 43.0 Å². The van der Waals surface area contributed by atoms with Crippen LogP contribution in [0.1, 0.15) is 39.3 Å². The molecule has 0 aromatic heterocycles. The Morgan fingerprint density at radius 3 is 1.78 bits per heavy atom. The van der Waals surface area contributed by atoms with Crippen LogP contribution in [-0.2, 0) is 9.47 Å². The van der Waals surface area contributed by atoms with Gasteiger partial charge in [-0.15, -0.1) is 0 Å². The maximum absolute atomic E-state index is 12.4. The van der Waals surface area contributed by atoms with Crippen LogP contribution in [0.5, 0.6) is 40.2 Å². The fourth-order valence-corrected chi connectivity index (χ4v) is 6.23. The van der Waals surface area contributed by atoms with Gasteiger partial charge in [-0.1, -0.05) is 42.5 Å². The Morgan fingerprint density at radius 1 is 0.689 bits per heavy atom. The minimum Gasteiger partial charge on any atom is -0.507 e. The van der Waals surface area contributed by atoms with E-state index in [9.17, 15) is 9.90 Å². The average molecular weight is 613 g/mol. The summed E-state index contributed by atoms with van der Waals surface area (Å²) in [6.45, 7) is 1.93. The summed E-state index contributed by atoms with van der Waals surface area (Å²) in [5, 5.41) is 9.99. The van der Waals surface area contributed by atoms with E-state index in [0.717, 1.165) is 34.1 Å². The van der Waals surface area contributed by atoms with E-state index >= 15 is 0 Å². The quantitative estimate of drug-likeness (QED) is 0.266. The molecule has 232 valence electrons. The SMILES string of the molecule is COc1cc(O)c(C(=O)c2ccccc2)c(OC)c1.c1cc2c(cc1C1OCC3C(c4ccc5c(c4)OCO5)OCC13)OCO2. The highest BCUT2D eigenvalue weighted by atomic mass is 16.7. The number of benzene rings is 4. The first kappa shape index (κ1) is 28.8. The number of carbonyl (C=O) groups is 1. The molecule has 0 spiro atoms. The molecule has 4 unspecified atom stereocenters. The van der Waals surface area contributed by atoms with Crippen molar-refractivity contribution < 1.29 is 47.8 Å². The summed E-state index contributed by atoms with van der Waals surface area (Å²) >= 11 is 0. The summed E-state index contributed by atoms with van der Waals surface area (Å²) < 4.78 is 44.4. The first-order valence-corrected chi connectivity index (χ1v) is 14.6. The van der Waals surface area contributed by atoms with Crippen molar-refractivity contribution in [1.82, 2.24) is 0 Å². The molecule has 0 saturated carbocycles. The van der Waals surface area contributed by atoms with Gasteiger partial charge in [0.1, 0.15) is 22.8 Å². The lowest BCUT2D eigenvalue weighted by Gasteiger charge is -2.17. The van der Waals surface area contributed by atoms with Gasteiger partial charge in [0.2, 0.25) is 19.4 Å². The van der Waals surface area contributed by atoms with Crippen LogP contribution in [-0.4, -0.2) is 51.9 Å². The number of ketones is 1. The van der Waals surface area contributed by atoms with Crippen LogP contribution in [0.25, 0.3) is 0 Å². The molecule has 4 aromatic carbocycles. The summed E-state index contributed by atoms with van der Waals surface area (Å²) in [4.78, 5) is 12.4. The topological polar surface area (TPSA) is 111 Å². The van der Waals surface area contributed by atoms with Crippen molar-refractivity contribution in [2.45, 2.75) is 12.2 Å². The van der Waals surface area contributed by atoms with Crippen LogP contribution in [0.15, 0.2) is 78.9 Å². The molecule has 2 fully saturated rings. The molecule has 0 amide bonds. The Bertz CT molecular complexity index is 1630. The average Bonchev–Trinajstić information content (AvgIpc) is 3.89. The van der Waals surface area contributed by atoms with E-state index in [2.05, 4.69) is 12.1 Å². The Balaban J connectivity index is 0.000000153. The van der Waals surface area contributed by atoms with Crippen LogP contribution in [0.2, 0.25) is 0 Å². The lowest BCUT2D eigenvalue weighted by atomic mass is 9.85. The molecule has 4 atom stereocenters. The fourth-order valence-electron chi connectivity index (χ4n) is 6.23. The summed E-state index contributed by atoms with van der Waals surface area (Å²) in [7, 11) is 2.92. The summed E-state index contributed by atoms with van der Waals surface area (Å²) in [6, 6.07) is 23.8. The first-order chi connectivity index (χ1) is 22.0. The summed E-state index contributed by atoms with van der Waals surface area (Å²) in [5.74, 6) is 4.08. The Hall–Kier alpha value is -4.93. The van der Waals surface area contributed by atoms with E-state index in [4.69, 9.17) is 37.9 Å². The van der Waals surface area contributed by atoms with Gasteiger partial charge in [0, 0.05) is 29.5 Å². The van der Waals surface area contributed by atoms with E-state index in [1.165, 1.54) is 20.3 Å². The molecule has 45 heavy (non-hydrogen) atoms. The molecule has 0 aliphatic carbocycles. The van der Waals surface area contributed by atoms with Gasteiger partial charge in [0.25, 0.3) is 0 Å². The van der Waals surface area contributed by atoms with E-state index in [1.54, 1.807) is 30.3 Å². The number of carbonyl (C=O) groups excluding carboxylic acids is 1. The number of ether oxygens (including phenoxy) is 8. The van der Waals surface area contributed by atoms with Crippen molar-refractivity contribution in [1.29, 1.82) is 0 Å². The Morgan fingerprint density at radius 2 is 1.24 bits per heavy atom. The van der Waals surface area contributed by atoms with Gasteiger partial charge in [-0.25, -0.2) is 0 Å². The molecule has 4 heterocycles. The van der Waals surface area contributed by atoms with Crippen molar-refractivity contribution in [3.63, 3.8) is 0 Å². The third-order valence-electron chi connectivity index (χ3n) is 8.49. The molecule has 10 heteroatoms. The number of phenolic OH excluding ortho intramolecular Hbond substituents is 1. The van der Waals surface area contributed by atoms with Crippen LogP contribution in [0, 0.1) is 11.8 Å². The minimum absolute atomic E-state index is 0.0218. The number of hydrogen-bond acceptors (Lipinski definition) is 10. The summed E-state index contributed by atoms with van der Waals surface area (Å²) in [5.41, 5.74) is 2.86. The van der Waals surface area contributed by atoms with Crippen molar-refractivity contribution >= 4 is 5.78 Å². The predicted octanol–water partition coefficient (Wildman–Crippen LogP) is 5.86. The molecule has 0 radical (unpaired) electrons. The van der Waals surface area contributed by atoms with E-state index < -0.39 is 0 Å². The van der Waals surface area contributed by atoms with Crippen LogP contribution < -0.4 is 28.4 Å². The Labute approximate surface area is 259 Å². The van der Waals surface area contributed by atoms with Crippen LogP contribution in [0.4, 0.5) is 0 Å². The van der Waals surface area contributed by atoms with Crippen molar-refractivity contribution in [2.75, 3.05) is 41.0 Å². The molecule has 4 aliphatic rings. The predicted molar refractivity (Wildman–Crippen MR) is 161 cm³/mol. The third kappa shape index (κ3) is 5.47. The van der Waals surface area contributed by atoms with E-state index in [-0.39, 0.29) is 48.6 Å². The highest BCUT2D eigenvalue weighted by molar-refractivity contribution is 6.12. The molecular weight excluding hydrogens is 580 g/mol. The molecule has 0 bridgehead atoms. The molecule has 4 aromatic rings. The second kappa shape index (κ2) is 12.2. The molecule has 8 rings (SSSR count). The zero-order chi connectivity index (χ0) is 30.9. The third-order valence-corrected chi connectivity index (χ3v) is 8.49. The van der Waals surface area contributed by atoms with Gasteiger partial charge in [0.05, 0.1) is 39.6 Å². The van der Waals surface area contributed by atoms with Crippen LogP contribution >= 0.6 is 0 Å². The van der Waals surface area contributed by atoms with Gasteiger partial charge in [-0.2, -0.15) is 0 Å². The standard InChI is InChI=1S/C20H18O6.C15H14O4/c1-3-15-17(25-9-23-15)5-11(1)19-13-7-22-20(14(13)8-21-19)12-2-4-16-18(6-12)26-10-24-16;1-18-11-8-12(16)14(13(9-11)19-2)15(17)10-6-4-3-5-7-10/h1-6,13-14,19-20H,7-10H2;3-9,16H,1-2H3. The van der Waals surface area contributed by atoms with Gasteiger partial charge in [0.15, 0.2) is 23.0 Å². The smallest absolute Gasteiger partial charge is 0.231 e. The van der Waals surface area contributed by atoms with Crippen molar-refractivity contribution in [2.24, 2.45) is 11.8 Å². The highest BCUT2D eigenvalue weighted by Gasteiger charge is 2.48. The van der Waals surface area contributed by atoms with Crippen molar-refractivity contribution in [3.8, 4) is 40.2 Å². The first-order valence-electron chi connectivity index (χ1n) is 14.6. The van der Waals surface area contributed by atoms with Crippen molar-refractivity contribution in [3.05, 3.63) is 101 Å². The lowest BCUT2D eigenvalue weighted by molar-refractivity contribution is 0.0192. The number of aromatic hydroxyl groups is 1. The lowest BCUT2D eigenvalue weighted by Crippen LogP contribution is -2.14. The van der Waals surface area contributed by atoms with Gasteiger partial charge >= 0.3 is 0 Å². The zero-order valence-electron chi connectivity index (χ0n) is 24.8. The molecule has 2 saturated heterocycles. The largest absolute Gasteiger partial charge is 0.507 e. The normalized spacial score (nSPS) is 21.9. The zero-order valence-corrected chi connectivity index (χ0v) is 24.8. The maximum Gasteiger partial charge on any atom is 0.231 e. The highest BCUT2D eigenvalue weighted by Crippen LogP contribution is 2.52. The Kier molecular flexibility index (Phi) is 7.83. The van der Waals surface area contributed by atoms with E-state index in [0.29, 0.717) is 36.4 Å². The van der Waals surface area contributed by atoms with E-state index in [1.807, 2.05) is 30.3 Å². The summed E-state index contributed by atoms with van der Waals surface area (Å²) in [6.07, 6.45) is 0.0435. The molecule has 10 nitrogen and oxygen atoms in total. The second-order valence-corrected chi connectivity index (χ2v) is 11.0. The fraction of sp³-hybridized carbons (Fsp3) is 0.286. The molecule has 4 aliphatic heterocycles. The number of fused-ring (bicyclic) bond motifs is 3. The van der Waals surface area contributed by atoms with Gasteiger partial charge in [-0.05, 0) is 35.4 Å². The van der Waals surface area contributed by atoms with Crippen LogP contribution in [0.3, 0.4) is 0 Å². The number of methoxy groups -OCH3 is 2. The molecule has 1 N–H and O–H groups in total. The molecular formula is C35H32O10. The van der Waals surface area contributed by atoms with Gasteiger partial charge in [-0.3, -0.25) is 4.79 Å². The second-order valence-electron chi connectivity index (χ2n) is 11.0.